The third-order valence-corrected chi connectivity index (χ3v) is 5.36. The van der Waals surface area contributed by atoms with Crippen molar-refractivity contribution in [2.75, 3.05) is 18.0 Å². The first kappa shape index (κ1) is 15.7. The minimum absolute atomic E-state index is 0.0515. The molecule has 0 saturated carbocycles. The van der Waals surface area contributed by atoms with Gasteiger partial charge in [-0.3, -0.25) is 14.8 Å². The normalized spacial score (nSPS) is 19.2. The van der Waals surface area contributed by atoms with E-state index in [2.05, 4.69) is 22.5 Å². The molecule has 4 rings (SSSR count). The Morgan fingerprint density at radius 3 is 2.92 bits per heavy atom. The number of nitrogens with one attached hydrogen (secondary N) is 1. The number of aromatic nitrogens is 2. The summed E-state index contributed by atoms with van der Waals surface area (Å²) in [4.78, 5) is 16.5. The summed E-state index contributed by atoms with van der Waals surface area (Å²) in [6, 6.07) is 5.81. The average Bonchev–Trinajstić information content (AvgIpc) is 3.32. The molecule has 6 heteroatoms. The van der Waals surface area contributed by atoms with Crippen LogP contribution in [0.3, 0.4) is 0 Å². The quantitative estimate of drug-likeness (QED) is 0.856. The number of hydrogen-bond acceptors (Lipinski definition) is 4. The predicted molar refractivity (Wildman–Crippen MR) is 94.9 cm³/mol. The van der Waals surface area contributed by atoms with Gasteiger partial charge in [0.25, 0.3) is 0 Å². The molecule has 2 aromatic rings. The van der Waals surface area contributed by atoms with Gasteiger partial charge in [-0.05, 0) is 50.3 Å². The molecule has 3 heterocycles. The summed E-state index contributed by atoms with van der Waals surface area (Å²) in [5.74, 6) is 0.0515. The topological polar surface area (TPSA) is 76.0 Å². The van der Waals surface area contributed by atoms with Gasteiger partial charge in [0.05, 0.1) is 5.69 Å². The number of fused-ring (bicyclic) bond motifs is 1. The van der Waals surface area contributed by atoms with Crippen LogP contribution in [-0.2, 0) is 11.2 Å². The van der Waals surface area contributed by atoms with Crippen molar-refractivity contribution in [3.05, 3.63) is 35.2 Å². The fourth-order valence-corrected chi connectivity index (χ4v) is 4.17. The molecule has 1 N–H and O–H groups in total. The second-order valence-corrected chi connectivity index (χ2v) is 6.80. The van der Waals surface area contributed by atoms with Crippen molar-refractivity contribution in [3.8, 4) is 17.3 Å². The Morgan fingerprint density at radius 2 is 2.20 bits per heavy atom. The highest BCUT2D eigenvalue weighted by Gasteiger charge is 2.37. The lowest BCUT2D eigenvalue weighted by Gasteiger charge is -2.25. The van der Waals surface area contributed by atoms with Crippen molar-refractivity contribution < 1.29 is 4.79 Å². The summed E-state index contributed by atoms with van der Waals surface area (Å²) < 4.78 is 0. The number of anilines is 1. The van der Waals surface area contributed by atoms with Crippen molar-refractivity contribution >= 4 is 11.6 Å². The largest absolute Gasteiger partial charge is 0.310 e. The minimum atomic E-state index is -0.308. The third-order valence-electron chi connectivity index (χ3n) is 5.36. The van der Waals surface area contributed by atoms with Crippen LogP contribution in [0.4, 0.5) is 5.69 Å². The van der Waals surface area contributed by atoms with E-state index in [-0.39, 0.29) is 11.9 Å². The first-order chi connectivity index (χ1) is 12.1. The lowest BCUT2D eigenvalue weighted by atomic mass is 9.96. The van der Waals surface area contributed by atoms with E-state index < -0.39 is 0 Å². The number of carbonyl (C=O) groups is 1. The van der Waals surface area contributed by atoms with Crippen LogP contribution in [-0.4, -0.2) is 40.1 Å². The fraction of sp³-hybridized carbons (Fsp3) is 0.421. The van der Waals surface area contributed by atoms with Gasteiger partial charge < -0.3 is 4.90 Å². The van der Waals surface area contributed by atoms with Gasteiger partial charge in [-0.15, -0.1) is 0 Å². The zero-order chi connectivity index (χ0) is 17.6. The molecule has 6 nitrogen and oxygen atoms in total. The highest BCUT2D eigenvalue weighted by Crippen LogP contribution is 2.39. The van der Waals surface area contributed by atoms with Crippen LogP contribution in [0, 0.1) is 25.3 Å². The number of aryl methyl sites for hydroxylation is 2. The van der Waals surface area contributed by atoms with E-state index in [0.29, 0.717) is 13.1 Å². The van der Waals surface area contributed by atoms with Gasteiger partial charge in [0.2, 0.25) is 5.91 Å². The maximum Gasteiger partial charge on any atom is 0.250 e. The number of carbonyl (C=O) groups excluding carboxylic acids is 1. The van der Waals surface area contributed by atoms with E-state index in [1.165, 1.54) is 5.56 Å². The number of benzene rings is 1. The minimum Gasteiger partial charge on any atom is -0.310 e. The lowest BCUT2D eigenvalue weighted by molar-refractivity contribution is -0.121. The van der Waals surface area contributed by atoms with E-state index in [4.69, 9.17) is 0 Å². The molecular formula is C19H21N5O. The lowest BCUT2D eigenvalue weighted by Crippen LogP contribution is -2.43. The maximum absolute atomic E-state index is 13.0. The van der Waals surface area contributed by atoms with Gasteiger partial charge in [0.15, 0.2) is 6.19 Å². The van der Waals surface area contributed by atoms with Crippen LogP contribution in [0.5, 0.6) is 0 Å². The van der Waals surface area contributed by atoms with Crippen molar-refractivity contribution in [1.29, 1.82) is 5.26 Å². The molecule has 0 aliphatic carbocycles. The third kappa shape index (κ3) is 2.39. The molecule has 1 aromatic heterocycles. The second kappa shape index (κ2) is 5.92. The Balaban J connectivity index is 1.72. The van der Waals surface area contributed by atoms with Crippen LogP contribution in [0.2, 0.25) is 0 Å². The molecule has 0 bridgehead atoms. The standard InChI is InChI=1S/C19H21N5O/c1-12-18(13(2)22-21-12)15-5-3-6-16-14(15)8-10-24(16)19(25)17-7-4-9-23(17)11-20/h3,5-6,17H,4,7-10H2,1-2H3,(H,21,22)/t17-/m0/s1. The molecule has 0 unspecified atom stereocenters. The first-order valence-corrected chi connectivity index (χ1v) is 8.73. The molecule has 1 fully saturated rings. The van der Waals surface area contributed by atoms with Crippen LogP contribution in [0.1, 0.15) is 29.8 Å². The molecule has 1 saturated heterocycles. The van der Waals surface area contributed by atoms with Gasteiger partial charge >= 0.3 is 0 Å². The monoisotopic (exact) mass is 335 g/mol. The summed E-state index contributed by atoms with van der Waals surface area (Å²) in [5.41, 5.74) is 6.48. The highest BCUT2D eigenvalue weighted by molar-refractivity contribution is 6.00. The predicted octanol–water partition coefficient (Wildman–Crippen LogP) is 2.53. The molecule has 2 aliphatic rings. The average molecular weight is 335 g/mol. The van der Waals surface area contributed by atoms with Gasteiger partial charge in [-0.2, -0.15) is 10.4 Å². The number of rotatable bonds is 2. The molecule has 25 heavy (non-hydrogen) atoms. The molecule has 1 aromatic carbocycles. The Morgan fingerprint density at radius 1 is 1.36 bits per heavy atom. The summed E-state index contributed by atoms with van der Waals surface area (Å²) in [6.45, 7) is 5.38. The van der Waals surface area contributed by atoms with Crippen molar-refractivity contribution in [2.45, 2.75) is 39.2 Å². The fourth-order valence-electron chi connectivity index (χ4n) is 4.17. The van der Waals surface area contributed by atoms with Crippen molar-refractivity contribution in [1.82, 2.24) is 15.1 Å². The molecular weight excluding hydrogens is 314 g/mol. The molecule has 0 spiro atoms. The second-order valence-electron chi connectivity index (χ2n) is 6.80. The Kier molecular flexibility index (Phi) is 3.72. The van der Waals surface area contributed by atoms with E-state index >= 15 is 0 Å². The van der Waals surface area contributed by atoms with E-state index in [1.807, 2.05) is 30.9 Å². The van der Waals surface area contributed by atoms with Gasteiger partial charge in [-0.1, -0.05) is 12.1 Å². The number of likely N-dealkylation sites (tertiary alicyclic amines) is 1. The number of amides is 1. The van der Waals surface area contributed by atoms with Gasteiger partial charge in [0.1, 0.15) is 6.04 Å². The number of nitrogens with zero attached hydrogens (tertiary/aromatic N) is 4. The van der Waals surface area contributed by atoms with Crippen LogP contribution in [0.15, 0.2) is 18.2 Å². The molecule has 1 atom stereocenters. The van der Waals surface area contributed by atoms with Crippen LogP contribution >= 0.6 is 0 Å². The molecule has 2 aliphatic heterocycles. The Bertz CT molecular complexity index is 859. The van der Waals surface area contributed by atoms with E-state index in [9.17, 15) is 10.1 Å². The number of nitriles is 1. The zero-order valence-electron chi connectivity index (χ0n) is 14.5. The highest BCUT2D eigenvalue weighted by atomic mass is 16.2. The SMILES string of the molecule is Cc1n[nH]c(C)c1-c1cccc2c1CCN2C(=O)[C@@H]1CCCN1C#N. The van der Waals surface area contributed by atoms with E-state index in [0.717, 1.165) is 47.5 Å². The number of aromatic amines is 1. The molecule has 1 amide bonds. The van der Waals surface area contributed by atoms with Gasteiger partial charge in [0, 0.05) is 30.0 Å². The first-order valence-electron chi connectivity index (χ1n) is 8.73. The number of hydrogen-bond donors (Lipinski definition) is 1. The van der Waals surface area contributed by atoms with Crippen LogP contribution < -0.4 is 4.90 Å². The van der Waals surface area contributed by atoms with Gasteiger partial charge in [-0.25, -0.2) is 0 Å². The summed E-state index contributed by atoms with van der Waals surface area (Å²) in [6.07, 6.45) is 4.66. The summed E-state index contributed by atoms with van der Waals surface area (Å²) in [7, 11) is 0. The number of H-pyrrole nitrogens is 1. The van der Waals surface area contributed by atoms with E-state index in [1.54, 1.807) is 4.90 Å². The van der Waals surface area contributed by atoms with Crippen LogP contribution in [0.25, 0.3) is 11.1 Å². The molecule has 128 valence electrons. The Hall–Kier alpha value is -2.81. The van der Waals surface area contributed by atoms with Crippen molar-refractivity contribution in [2.24, 2.45) is 0 Å². The molecule has 0 radical (unpaired) electrons. The zero-order valence-corrected chi connectivity index (χ0v) is 14.5. The maximum atomic E-state index is 13.0. The summed E-state index contributed by atoms with van der Waals surface area (Å²) >= 11 is 0. The smallest absolute Gasteiger partial charge is 0.250 e. The Labute approximate surface area is 147 Å². The van der Waals surface area contributed by atoms with Crippen molar-refractivity contribution in [3.63, 3.8) is 0 Å². The summed E-state index contributed by atoms with van der Waals surface area (Å²) in [5, 5.41) is 16.6.